The van der Waals surface area contributed by atoms with E-state index in [9.17, 15) is 4.79 Å². The topological polar surface area (TPSA) is 86.1 Å². The zero-order valence-corrected chi connectivity index (χ0v) is 9.63. The summed E-state index contributed by atoms with van der Waals surface area (Å²) in [6, 6.07) is 4.52. The van der Waals surface area contributed by atoms with E-state index in [0.29, 0.717) is 18.0 Å². The highest BCUT2D eigenvalue weighted by Crippen LogP contribution is 2.19. The molecule has 1 aromatic carbocycles. The number of carboxylic acid groups (broad SMARTS) is 1. The Balaban J connectivity index is 2.72. The first-order chi connectivity index (χ1) is 8.15. The van der Waals surface area contributed by atoms with E-state index in [1.807, 2.05) is 6.08 Å². The highest BCUT2D eigenvalue weighted by atomic mass is 35.5. The second-order valence-electron chi connectivity index (χ2n) is 3.19. The molecule has 6 heteroatoms. The molecule has 0 radical (unpaired) electrons. The third kappa shape index (κ3) is 4.18. The molecule has 1 aromatic rings. The van der Waals surface area contributed by atoms with Crippen LogP contribution in [0.3, 0.4) is 0 Å². The van der Waals surface area contributed by atoms with Gasteiger partial charge in [0.1, 0.15) is 0 Å². The van der Waals surface area contributed by atoms with Crippen LogP contribution in [0.1, 0.15) is 22.3 Å². The van der Waals surface area contributed by atoms with Crippen LogP contribution < -0.4 is 0 Å². The van der Waals surface area contributed by atoms with Gasteiger partial charge < -0.3 is 5.11 Å². The molecule has 0 unspecified atom stereocenters. The summed E-state index contributed by atoms with van der Waals surface area (Å²) >= 11 is 5.92. The van der Waals surface area contributed by atoms with Crippen molar-refractivity contribution in [1.29, 1.82) is 0 Å². The maximum atomic E-state index is 10.7. The minimum absolute atomic E-state index is 0.154. The molecule has 0 aliphatic heterocycles. The first-order valence-corrected chi connectivity index (χ1v) is 5.23. The third-order valence-corrected chi connectivity index (χ3v) is 2.33. The van der Waals surface area contributed by atoms with Crippen LogP contribution in [0, 0.1) is 0 Å². The highest BCUT2D eigenvalue weighted by molar-refractivity contribution is 6.32. The second-order valence-corrected chi connectivity index (χ2v) is 3.59. The molecule has 5 nitrogen and oxygen atoms in total. The Kier molecular flexibility index (Phi) is 5.07. The average molecular weight is 252 g/mol. The summed E-state index contributed by atoms with van der Waals surface area (Å²) in [6.45, 7) is 0.387. The highest BCUT2D eigenvalue weighted by Gasteiger charge is 2.04. The van der Waals surface area contributed by atoms with Gasteiger partial charge in [0.2, 0.25) is 0 Å². The molecule has 0 bridgehead atoms. The lowest BCUT2D eigenvalue weighted by Gasteiger charge is -2.00. The molecular formula is C11H10ClN3O2. The first kappa shape index (κ1) is 13.1. The smallest absolute Gasteiger partial charge is 0.335 e. The molecule has 1 rings (SSSR count). The summed E-state index contributed by atoms with van der Waals surface area (Å²) in [5.41, 5.74) is 8.95. The van der Waals surface area contributed by atoms with E-state index in [-0.39, 0.29) is 5.56 Å². The van der Waals surface area contributed by atoms with Gasteiger partial charge in [0.25, 0.3) is 0 Å². The van der Waals surface area contributed by atoms with E-state index < -0.39 is 5.97 Å². The number of nitrogens with zero attached hydrogens (tertiary/aromatic N) is 3. The number of halogens is 1. The standard InChI is InChI=1S/C11H10ClN3O2/c12-10-7-9(11(16)17)5-4-8(10)3-1-2-6-14-15-13/h1,3-5,7H,2,6H2,(H,16,17). The van der Waals surface area contributed by atoms with Crippen LogP contribution in [0.15, 0.2) is 29.4 Å². The second kappa shape index (κ2) is 6.58. The third-order valence-electron chi connectivity index (χ3n) is 2.00. The van der Waals surface area contributed by atoms with E-state index >= 15 is 0 Å². The lowest BCUT2D eigenvalue weighted by molar-refractivity contribution is 0.0697. The van der Waals surface area contributed by atoms with Crippen molar-refractivity contribution in [2.45, 2.75) is 6.42 Å². The molecule has 0 spiro atoms. The Hall–Kier alpha value is -1.97. The largest absolute Gasteiger partial charge is 0.478 e. The predicted molar refractivity (Wildman–Crippen MR) is 66.1 cm³/mol. The van der Waals surface area contributed by atoms with Gasteiger partial charge in [-0.15, -0.1) is 0 Å². The molecular weight excluding hydrogens is 242 g/mol. The number of aromatic carboxylic acids is 1. The van der Waals surface area contributed by atoms with Gasteiger partial charge in [-0.3, -0.25) is 0 Å². The van der Waals surface area contributed by atoms with Crippen molar-refractivity contribution < 1.29 is 9.90 Å². The molecule has 0 aliphatic rings. The summed E-state index contributed by atoms with van der Waals surface area (Å²) in [5, 5.41) is 12.5. The Morgan fingerprint density at radius 3 is 2.94 bits per heavy atom. The summed E-state index contributed by atoms with van der Waals surface area (Å²) in [6.07, 6.45) is 4.19. The van der Waals surface area contributed by atoms with Crippen molar-refractivity contribution in [3.63, 3.8) is 0 Å². The Morgan fingerprint density at radius 2 is 2.35 bits per heavy atom. The SMILES string of the molecule is [N-]=[N+]=NCCC=Cc1ccc(C(=O)O)cc1Cl. The van der Waals surface area contributed by atoms with Crippen LogP contribution in [0.4, 0.5) is 0 Å². The van der Waals surface area contributed by atoms with Crippen molar-refractivity contribution >= 4 is 23.6 Å². The van der Waals surface area contributed by atoms with Gasteiger partial charge in [-0.05, 0) is 29.6 Å². The van der Waals surface area contributed by atoms with Crippen LogP contribution in [-0.2, 0) is 0 Å². The monoisotopic (exact) mass is 251 g/mol. The molecule has 88 valence electrons. The van der Waals surface area contributed by atoms with E-state index in [0.717, 1.165) is 5.56 Å². The molecule has 0 amide bonds. The van der Waals surface area contributed by atoms with Gasteiger partial charge in [0, 0.05) is 16.5 Å². The molecule has 0 saturated heterocycles. The van der Waals surface area contributed by atoms with Crippen LogP contribution in [0.25, 0.3) is 16.5 Å². The number of carboxylic acids is 1. The average Bonchev–Trinajstić information content (AvgIpc) is 2.30. The Bertz CT molecular complexity index is 493. The van der Waals surface area contributed by atoms with E-state index in [1.165, 1.54) is 12.1 Å². The number of hydrogen-bond acceptors (Lipinski definition) is 2. The Morgan fingerprint density at radius 1 is 1.59 bits per heavy atom. The van der Waals surface area contributed by atoms with Gasteiger partial charge in [0.05, 0.1) is 5.56 Å². The van der Waals surface area contributed by atoms with Gasteiger partial charge in [-0.25, -0.2) is 4.79 Å². The van der Waals surface area contributed by atoms with Crippen molar-refractivity contribution in [1.82, 2.24) is 0 Å². The van der Waals surface area contributed by atoms with E-state index in [4.69, 9.17) is 22.2 Å². The van der Waals surface area contributed by atoms with Crippen molar-refractivity contribution in [3.8, 4) is 0 Å². The molecule has 0 aliphatic carbocycles. The molecule has 0 aromatic heterocycles. The number of azide groups is 1. The fourth-order valence-electron chi connectivity index (χ4n) is 1.18. The quantitative estimate of drug-likeness (QED) is 0.374. The minimum atomic E-state index is -1.01. The van der Waals surface area contributed by atoms with E-state index in [2.05, 4.69) is 10.0 Å². The molecule has 0 fully saturated rings. The fraction of sp³-hybridized carbons (Fsp3) is 0.182. The first-order valence-electron chi connectivity index (χ1n) is 4.85. The summed E-state index contributed by atoms with van der Waals surface area (Å²) < 4.78 is 0. The molecule has 0 atom stereocenters. The predicted octanol–water partition coefficient (Wildman–Crippen LogP) is 3.75. The fourth-order valence-corrected chi connectivity index (χ4v) is 1.43. The number of carbonyl (C=O) groups is 1. The van der Waals surface area contributed by atoms with Crippen molar-refractivity contribution in [2.24, 2.45) is 5.11 Å². The van der Waals surface area contributed by atoms with Gasteiger partial charge in [-0.1, -0.05) is 34.9 Å². The number of hydrogen-bond donors (Lipinski definition) is 1. The number of benzene rings is 1. The minimum Gasteiger partial charge on any atom is -0.478 e. The normalized spacial score (nSPS) is 10.2. The summed E-state index contributed by atoms with van der Waals surface area (Å²) in [7, 11) is 0. The molecule has 0 heterocycles. The van der Waals surface area contributed by atoms with Crippen LogP contribution in [0.2, 0.25) is 5.02 Å². The Labute approximate surface area is 103 Å². The summed E-state index contributed by atoms with van der Waals surface area (Å²) in [4.78, 5) is 13.3. The zero-order valence-electron chi connectivity index (χ0n) is 8.88. The zero-order chi connectivity index (χ0) is 12.7. The maximum Gasteiger partial charge on any atom is 0.335 e. The van der Waals surface area contributed by atoms with Crippen LogP contribution in [0.5, 0.6) is 0 Å². The molecule has 17 heavy (non-hydrogen) atoms. The maximum absolute atomic E-state index is 10.7. The van der Waals surface area contributed by atoms with Gasteiger partial charge >= 0.3 is 5.97 Å². The van der Waals surface area contributed by atoms with Gasteiger partial charge in [0.15, 0.2) is 0 Å². The van der Waals surface area contributed by atoms with Crippen molar-refractivity contribution in [3.05, 3.63) is 50.9 Å². The van der Waals surface area contributed by atoms with Gasteiger partial charge in [-0.2, -0.15) is 0 Å². The molecule has 1 N–H and O–H groups in total. The lowest BCUT2D eigenvalue weighted by Crippen LogP contribution is -1.95. The van der Waals surface area contributed by atoms with E-state index in [1.54, 1.807) is 12.1 Å². The summed E-state index contributed by atoms with van der Waals surface area (Å²) in [5.74, 6) is -1.01. The van der Waals surface area contributed by atoms with Crippen LogP contribution >= 0.6 is 11.6 Å². The van der Waals surface area contributed by atoms with Crippen LogP contribution in [-0.4, -0.2) is 17.6 Å². The van der Waals surface area contributed by atoms with Crippen molar-refractivity contribution in [2.75, 3.05) is 6.54 Å². The number of rotatable bonds is 5. The molecule has 0 saturated carbocycles. The lowest BCUT2D eigenvalue weighted by atomic mass is 10.1.